The molecule has 2 aliphatic rings. The Morgan fingerprint density at radius 3 is 1.88 bits per heavy atom. The van der Waals surface area contributed by atoms with Crippen LogP contribution in [0, 0.1) is 13.8 Å². The van der Waals surface area contributed by atoms with Crippen molar-refractivity contribution in [3.8, 4) is 11.5 Å². The van der Waals surface area contributed by atoms with Gasteiger partial charge in [0.05, 0.1) is 11.1 Å². The molecule has 166 valence electrons. The van der Waals surface area contributed by atoms with Crippen molar-refractivity contribution in [2.45, 2.75) is 26.8 Å². The Morgan fingerprint density at radius 1 is 0.588 bits per heavy atom. The Kier molecular flexibility index (Phi) is 4.63. The Bertz CT molecular complexity index is 1470. The number of aryl methyl sites for hydroxylation is 2. The molecule has 34 heavy (non-hydrogen) atoms. The maximum atomic E-state index is 6.99. The first-order valence-electron chi connectivity index (χ1n) is 11.5. The molecule has 4 nitrogen and oxygen atoms in total. The van der Waals surface area contributed by atoms with Crippen LogP contribution in [0.25, 0.3) is 0 Å². The van der Waals surface area contributed by atoms with Crippen LogP contribution in [0.2, 0.25) is 0 Å². The molecule has 4 aromatic rings. The van der Waals surface area contributed by atoms with Crippen molar-refractivity contribution in [2.75, 3.05) is 0 Å². The molecule has 0 aliphatic carbocycles. The topological polar surface area (TPSA) is 24.5 Å². The van der Waals surface area contributed by atoms with Gasteiger partial charge in [0, 0.05) is 31.2 Å². The van der Waals surface area contributed by atoms with Gasteiger partial charge in [0.15, 0.2) is 17.7 Å². The number of para-hydroxylation sites is 4. The van der Waals surface area contributed by atoms with Crippen molar-refractivity contribution < 1.29 is 18.6 Å². The second-order valence-corrected chi connectivity index (χ2v) is 8.79. The Morgan fingerprint density at radius 2 is 1.18 bits per heavy atom. The molecule has 1 spiro atoms. The fraction of sp³-hybridized carbons (Fsp3) is 0.133. The van der Waals surface area contributed by atoms with Gasteiger partial charge in [-0.1, -0.05) is 65.2 Å². The van der Waals surface area contributed by atoms with Crippen LogP contribution < -0.4 is 9.47 Å². The molecule has 2 heterocycles. The lowest BCUT2D eigenvalue weighted by Crippen LogP contribution is -2.63. The molecule has 0 bridgehead atoms. The fourth-order valence-corrected chi connectivity index (χ4v) is 4.89. The van der Waals surface area contributed by atoms with Crippen molar-refractivity contribution in [3.63, 3.8) is 0 Å². The van der Waals surface area contributed by atoms with E-state index in [0.717, 1.165) is 50.8 Å². The summed E-state index contributed by atoms with van der Waals surface area (Å²) in [5.41, 5.74) is 7.21. The van der Waals surface area contributed by atoms with Gasteiger partial charge in [0.2, 0.25) is 17.1 Å². The third kappa shape index (κ3) is 2.99. The van der Waals surface area contributed by atoms with Crippen molar-refractivity contribution in [1.82, 2.24) is 0 Å². The molecule has 0 saturated heterocycles. The first-order chi connectivity index (χ1) is 16.6. The first-order valence-corrected chi connectivity index (χ1v) is 11.5. The summed E-state index contributed by atoms with van der Waals surface area (Å²) >= 11 is 0. The third-order valence-electron chi connectivity index (χ3n) is 6.55. The average Bonchev–Trinajstić information content (AvgIpc) is 2.86. The highest BCUT2D eigenvalue weighted by Crippen LogP contribution is 2.43. The molecule has 1 unspecified atom stereocenters. The molecular weight excluding hydrogens is 420 g/mol. The fourth-order valence-electron chi connectivity index (χ4n) is 4.89. The second kappa shape index (κ2) is 7.70. The minimum absolute atomic E-state index is 0.820. The van der Waals surface area contributed by atoms with E-state index >= 15 is 0 Å². The number of ether oxygens (including phenoxy) is 2. The Hall–Kier alpha value is -4.18. The molecule has 1 atom stereocenters. The van der Waals surface area contributed by atoms with Crippen LogP contribution in [0.1, 0.15) is 29.2 Å². The van der Waals surface area contributed by atoms with Crippen LogP contribution in [-0.2, 0) is 0 Å². The highest BCUT2D eigenvalue weighted by Gasteiger charge is 2.67. The zero-order valence-electron chi connectivity index (χ0n) is 19.5. The van der Waals surface area contributed by atoms with E-state index in [1.165, 1.54) is 0 Å². The molecule has 0 N–H and O–H groups in total. The number of fused-ring (bicyclic) bond motifs is 2. The normalized spacial score (nSPS) is 18.5. The standard InChI is InChI=1S/C30H26N2O2/c1-21-12-10-14-24-20-31(25-15-6-4-7-16-25)30(33-28(21)24)32(26-17-8-5-9-18-26)23(3)27-19-11-13-22(2)29(27)34-30/h4-20H,1-3H3/q+2. The van der Waals surface area contributed by atoms with Gasteiger partial charge in [-0.15, -0.1) is 0 Å². The first kappa shape index (κ1) is 20.4. The van der Waals surface area contributed by atoms with E-state index < -0.39 is 6.03 Å². The Labute approximate surface area is 199 Å². The molecule has 6 rings (SSSR count). The van der Waals surface area contributed by atoms with Gasteiger partial charge in [-0.2, -0.15) is 0 Å². The molecule has 4 heteroatoms. The lowest BCUT2D eigenvalue weighted by atomic mass is 10.0. The lowest BCUT2D eigenvalue weighted by molar-refractivity contribution is -0.857. The van der Waals surface area contributed by atoms with Gasteiger partial charge in [0.25, 0.3) is 0 Å². The van der Waals surface area contributed by atoms with Gasteiger partial charge in [-0.05, 0) is 41.7 Å². The number of hydrogen-bond acceptors (Lipinski definition) is 2. The molecule has 0 aromatic heterocycles. The van der Waals surface area contributed by atoms with E-state index in [1.54, 1.807) is 0 Å². The van der Waals surface area contributed by atoms with E-state index in [1.807, 2.05) is 36.4 Å². The largest absolute Gasteiger partial charge is 0.715 e. The average molecular weight is 447 g/mol. The van der Waals surface area contributed by atoms with Crippen LogP contribution in [0.5, 0.6) is 11.5 Å². The molecule has 0 radical (unpaired) electrons. The monoisotopic (exact) mass is 446 g/mol. The summed E-state index contributed by atoms with van der Waals surface area (Å²) < 4.78 is 18.2. The molecule has 4 aromatic carbocycles. The minimum atomic E-state index is -1.29. The van der Waals surface area contributed by atoms with Crippen LogP contribution >= 0.6 is 0 Å². The SMILES string of the molecule is CC1=[N+](c2ccccc2)C2(Oc3c(C)cccc3C=[N+]2c2ccccc2)Oc2c(C)cccc21. The highest BCUT2D eigenvalue weighted by atomic mass is 16.7. The Balaban J connectivity index is 1.73. The number of hydrogen-bond donors (Lipinski definition) is 0. The van der Waals surface area contributed by atoms with E-state index in [9.17, 15) is 0 Å². The minimum Gasteiger partial charge on any atom is -0.340 e. The van der Waals surface area contributed by atoms with Gasteiger partial charge in [0.1, 0.15) is 0 Å². The molecule has 0 amide bonds. The van der Waals surface area contributed by atoms with Crippen LogP contribution in [-0.4, -0.2) is 27.1 Å². The summed E-state index contributed by atoms with van der Waals surface area (Å²) in [6.45, 7) is 6.29. The summed E-state index contributed by atoms with van der Waals surface area (Å²) in [7, 11) is 0. The molecule has 2 aliphatic heterocycles. The number of benzene rings is 4. The summed E-state index contributed by atoms with van der Waals surface area (Å²) in [6, 6.07) is 31.7. The summed E-state index contributed by atoms with van der Waals surface area (Å²) in [4.78, 5) is 0. The van der Waals surface area contributed by atoms with E-state index in [0.29, 0.717) is 0 Å². The van der Waals surface area contributed by atoms with E-state index in [4.69, 9.17) is 9.47 Å². The number of rotatable bonds is 2. The molecular formula is C30H26N2O2+2. The third-order valence-corrected chi connectivity index (χ3v) is 6.55. The zero-order chi connectivity index (χ0) is 23.3. The smallest absolute Gasteiger partial charge is 0.340 e. The van der Waals surface area contributed by atoms with Crippen molar-refractivity contribution in [2.24, 2.45) is 0 Å². The van der Waals surface area contributed by atoms with Gasteiger partial charge in [-0.3, -0.25) is 0 Å². The second-order valence-electron chi connectivity index (χ2n) is 8.79. The zero-order valence-corrected chi connectivity index (χ0v) is 19.5. The van der Waals surface area contributed by atoms with Crippen LogP contribution in [0.3, 0.4) is 0 Å². The lowest BCUT2D eigenvalue weighted by Gasteiger charge is -2.33. The van der Waals surface area contributed by atoms with Crippen molar-refractivity contribution in [1.29, 1.82) is 0 Å². The van der Waals surface area contributed by atoms with Crippen LogP contribution in [0.15, 0.2) is 97.1 Å². The van der Waals surface area contributed by atoms with Gasteiger partial charge in [-0.25, -0.2) is 0 Å². The van der Waals surface area contributed by atoms with Crippen LogP contribution in [0.4, 0.5) is 11.4 Å². The van der Waals surface area contributed by atoms with E-state index in [2.05, 4.69) is 96.8 Å². The summed E-state index contributed by atoms with van der Waals surface area (Å²) in [5, 5.41) is 0. The van der Waals surface area contributed by atoms with E-state index in [-0.39, 0.29) is 0 Å². The van der Waals surface area contributed by atoms with Crippen molar-refractivity contribution in [3.05, 3.63) is 119 Å². The molecule has 0 saturated carbocycles. The van der Waals surface area contributed by atoms with Crippen molar-refractivity contribution >= 4 is 23.3 Å². The predicted molar refractivity (Wildman–Crippen MR) is 134 cm³/mol. The molecule has 0 fully saturated rings. The number of nitrogens with zero attached hydrogens (tertiary/aromatic N) is 2. The predicted octanol–water partition coefficient (Wildman–Crippen LogP) is 6.32. The maximum absolute atomic E-state index is 6.99. The maximum Gasteiger partial charge on any atom is 0.715 e. The van der Waals surface area contributed by atoms with Gasteiger partial charge >= 0.3 is 6.03 Å². The highest BCUT2D eigenvalue weighted by molar-refractivity contribution is 5.99. The van der Waals surface area contributed by atoms with Gasteiger partial charge < -0.3 is 9.47 Å². The summed E-state index contributed by atoms with van der Waals surface area (Å²) in [6.07, 6.45) is 2.13. The summed E-state index contributed by atoms with van der Waals surface area (Å²) in [5.74, 6) is 1.65. The quantitative estimate of drug-likeness (QED) is 0.337.